The van der Waals surface area contributed by atoms with Gasteiger partial charge in [0.25, 0.3) is 0 Å². The van der Waals surface area contributed by atoms with E-state index in [4.69, 9.17) is 9.47 Å². The van der Waals surface area contributed by atoms with Gasteiger partial charge in [0.2, 0.25) is 0 Å². The normalized spacial score (nSPS) is 11.1. The van der Waals surface area contributed by atoms with Crippen molar-refractivity contribution < 1.29 is 19.1 Å². The lowest BCUT2D eigenvalue weighted by atomic mass is 10.1. The summed E-state index contributed by atoms with van der Waals surface area (Å²) in [4.78, 5) is 24.4. The highest BCUT2D eigenvalue weighted by Crippen LogP contribution is 2.22. The second kappa shape index (κ2) is 7.77. The molecule has 1 aromatic rings. The molecule has 0 spiro atoms. The van der Waals surface area contributed by atoms with E-state index < -0.39 is 17.5 Å². The van der Waals surface area contributed by atoms with Gasteiger partial charge in [-0.25, -0.2) is 9.59 Å². The molecule has 0 atom stereocenters. The summed E-state index contributed by atoms with van der Waals surface area (Å²) in [5.74, 6) is -0.988. The molecule has 0 saturated carbocycles. The molecule has 0 amide bonds. The smallest absolute Gasteiger partial charge is 0.340 e. The molecular formula is C16H21IO4. The van der Waals surface area contributed by atoms with Crippen LogP contribution in [0.4, 0.5) is 0 Å². The summed E-state index contributed by atoms with van der Waals surface area (Å²) in [6, 6.07) is 5.09. The first kappa shape index (κ1) is 17.9. The van der Waals surface area contributed by atoms with Gasteiger partial charge < -0.3 is 9.47 Å². The molecule has 0 aromatic heterocycles. The van der Waals surface area contributed by atoms with Crippen molar-refractivity contribution in [3.8, 4) is 0 Å². The van der Waals surface area contributed by atoms with E-state index in [0.29, 0.717) is 10.2 Å². The average Bonchev–Trinajstić information content (AvgIpc) is 2.36. The quantitative estimate of drug-likeness (QED) is 0.419. The Balaban J connectivity index is 3.03. The van der Waals surface area contributed by atoms with Crippen LogP contribution < -0.4 is 0 Å². The first-order chi connectivity index (χ1) is 9.76. The summed E-state index contributed by atoms with van der Waals surface area (Å²) in [6.45, 7) is 7.75. The van der Waals surface area contributed by atoms with Gasteiger partial charge >= 0.3 is 11.9 Å². The minimum absolute atomic E-state index is 0.257. The predicted octanol–water partition coefficient (Wildman–Crippen LogP) is 4.20. The Morgan fingerprint density at radius 2 is 1.86 bits per heavy atom. The Bertz CT molecular complexity index is 517. The van der Waals surface area contributed by atoms with Crippen LogP contribution in [0.25, 0.3) is 0 Å². The fourth-order valence-corrected chi connectivity index (χ4v) is 2.34. The maximum atomic E-state index is 12.3. The average molecular weight is 404 g/mol. The van der Waals surface area contributed by atoms with Gasteiger partial charge in [-0.05, 0) is 61.9 Å². The van der Waals surface area contributed by atoms with Crippen LogP contribution in [0, 0.1) is 3.57 Å². The molecule has 0 bridgehead atoms. The van der Waals surface area contributed by atoms with Crippen LogP contribution in [0.1, 0.15) is 61.3 Å². The van der Waals surface area contributed by atoms with Crippen LogP contribution >= 0.6 is 22.6 Å². The Morgan fingerprint density at radius 1 is 1.19 bits per heavy atom. The van der Waals surface area contributed by atoms with Gasteiger partial charge in [-0.2, -0.15) is 0 Å². The predicted molar refractivity (Wildman–Crippen MR) is 89.5 cm³/mol. The minimum atomic E-state index is -0.612. The van der Waals surface area contributed by atoms with Crippen LogP contribution in [0.3, 0.4) is 0 Å². The number of hydrogen-bond acceptors (Lipinski definition) is 4. The molecule has 0 aliphatic heterocycles. The van der Waals surface area contributed by atoms with Crippen molar-refractivity contribution in [1.82, 2.24) is 0 Å². The van der Waals surface area contributed by atoms with Crippen molar-refractivity contribution in [3.05, 3.63) is 32.9 Å². The van der Waals surface area contributed by atoms with E-state index in [0.717, 1.165) is 12.8 Å². The number of carbonyl (C=O) groups is 2. The van der Waals surface area contributed by atoms with Crippen LogP contribution in [-0.2, 0) is 9.47 Å². The van der Waals surface area contributed by atoms with Gasteiger partial charge in [-0.1, -0.05) is 19.4 Å². The molecule has 116 valence electrons. The molecular weight excluding hydrogens is 383 g/mol. The largest absolute Gasteiger partial charge is 0.462 e. The van der Waals surface area contributed by atoms with Crippen LogP contribution in [-0.4, -0.2) is 24.1 Å². The van der Waals surface area contributed by atoms with Crippen molar-refractivity contribution >= 4 is 34.5 Å². The lowest BCUT2D eigenvalue weighted by Crippen LogP contribution is -2.26. The fourth-order valence-electron chi connectivity index (χ4n) is 1.62. The highest BCUT2D eigenvalue weighted by atomic mass is 127. The highest BCUT2D eigenvalue weighted by Gasteiger charge is 2.25. The standard InChI is InChI=1S/C16H21IO4/c1-5-6-10-20-14(18)11-8-7-9-12(17)13(11)15(19)21-16(2,3)4/h7-9H,5-6,10H2,1-4H3. The molecule has 0 fully saturated rings. The third-order valence-electron chi connectivity index (χ3n) is 2.57. The van der Waals surface area contributed by atoms with Crippen molar-refractivity contribution in [2.24, 2.45) is 0 Å². The van der Waals surface area contributed by atoms with E-state index in [2.05, 4.69) is 0 Å². The molecule has 4 nitrogen and oxygen atoms in total. The summed E-state index contributed by atoms with van der Waals surface area (Å²) >= 11 is 2.02. The third-order valence-corrected chi connectivity index (χ3v) is 3.47. The van der Waals surface area contributed by atoms with Crippen LogP contribution in [0.2, 0.25) is 0 Å². The lowest BCUT2D eigenvalue weighted by Gasteiger charge is -2.21. The van der Waals surface area contributed by atoms with Crippen molar-refractivity contribution in [2.75, 3.05) is 6.61 Å². The first-order valence-corrected chi connectivity index (χ1v) is 8.03. The number of hydrogen-bond donors (Lipinski definition) is 0. The first-order valence-electron chi connectivity index (χ1n) is 6.95. The van der Waals surface area contributed by atoms with E-state index in [1.165, 1.54) is 0 Å². The van der Waals surface area contributed by atoms with Crippen molar-refractivity contribution in [2.45, 2.75) is 46.1 Å². The molecule has 0 unspecified atom stereocenters. The number of unbranched alkanes of at least 4 members (excludes halogenated alkanes) is 1. The SMILES string of the molecule is CCCCOC(=O)c1cccc(I)c1C(=O)OC(C)(C)C. The van der Waals surface area contributed by atoms with Gasteiger partial charge in [0.1, 0.15) is 5.60 Å². The summed E-state index contributed by atoms with van der Waals surface area (Å²) in [7, 11) is 0. The number of esters is 2. The van der Waals surface area contributed by atoms with Gasteiger partial charge in [0.05, 0.1) is 17.7 Å². The summed E-state index contributed by atoms with van der Waals surface area (Å²) in [5, 5.41) is 0. The maximum Gasteiger partial charge on any atom is 0.340 e. The van der Waals surface area contributed by atoms with E-state index in [1.807, 2.05) is 29.5 Å². The van der Waals surface area contributed by atoms with Gasteiger partial charge in [-0.15, -0.1) is 0 Å². The summed E-state index contributed by atoms with van der Waals surface area (Å²) in [6.07, 6.45) is 1.75. The Kier molecular flexibility index (Phi) is 6.64. The molecule has 1 aromatic carbocycles. The topological polar surface area (TPSA) is 52.6 Å². The maximum absolute atomic E-state index is 12.3. The number of rotatable bonds is 5. The summed E-state index contributed by atoms with van der Waals surface area (Å²) in [5.41, 5.74) is -0.0823. The molecule has 0 aliphatic rings. The Morgan fingerprint density at radius 3 is 2.43 bits per heavy atom. The zero-order valence-corrected chi connectivity index (χ0v) is 15.0. The van der Waals surface area contributed by atoms with Crippen molar-refractivity contribution in [1.29, 1.82) is 0 Å². The zero-order valence-electron chi connectivity index (χ0n) is 12.9. The monoisotopic (exact) mass is 404 g/mol. The Hall–Kier alpha value is -1.11. The third kappa shape index (κ3) is 5.65. The minimum Gasteiger partial charge on any atom is -0.462 e. The molecule has 0 radical (unpaired) electrons. The molecule has 5 heteroatoms. The zero-order chi connectivity index (χ0) is 16.0. The van der Waals surface area contributed by atoms with Crippen LogP contribution in [0.15, 0.2) is 18.2 Å². The van der Waals surface area contributed by atoms with Gasteiger partial charge in [0, 0.05) is 3.57 Å². The second-order valence-electron chi connectivity index (χ2n) is 5.65. The van der Waals surface area contributed by atoms with E-state index in [9.17, 15) is 9.59 Å². The number of ether oxygens (including phenoxy) is 2. The highest BCUT2D eigenvalue weighted by molar-refractivity contribution is 14.1. The second-order valence-corrected chi connectivity index (χ2v) is 6.82. The van der Waals surface area contributed by atoms with E-state index in [-0.39, 0.29) is 11.1 Å². The molecule has 0 saturated heterocycles. The molecule has 0 N–H and O–H groups in total. The van der Waals surface area contributed by atoms with E-state index in [1.54, 1.807) is 39.0 Å². The number of benzene rings is 1. The lowest BCUT2D eigenvalue weighted by molar-refractivity contribution is 0.00628. The summed E-state index contributed by atoms with van der Waals surface area (Å²) < 4.78 is 11.2. The molecule has 0 aliphatic carbocycles. The fraction of sp³-hybridized carbons (Fsp3) is 0.500. The number of halogens is 1. The molecule has 0 heterocycles. The Labute approximate surface area is 139 Å². The number of carbonyl (C=O) groups excluding carboxylic acids is 2. The van der Waals surface area contributed by atoms with Gasteiger partial charge in [0.15, 0.2) is 0 Å². The van der Waals surface area contributed by atoms with Crippen molar-refractivity contribution in [3.63, 3.8) is 0 Å². The van der Waals surface area contributed by atoms with Crippen LogP contribution in [0.5, 0.6) is 0 Å². The van der Waals surface area contributed by atoms with E-state index >= 15 is 0 Å². The molecule has 1 rings (SSSR count). The van der Waals surface area contributed by atoms with Gasteiger partial charge in [-0.3, -0.25) is 0 Å². The molecule has 21 heavy (non-hydrogen) atoms.